The minimum atomic E-state index is -0.169. The van der Waals surface area contributed by atoms with E-state index in [4.69, 9.17) is 4.74 Å². The number of ketones is 1. The lowest BCUT2D eigenvalue weighted by Gasteiger charge is -2.09. The molecular formula is C14H13BrO2. The second kappa shape index (κ2) is 5.32. The number of Topliss-reactive ketones (excluding diaryl/α,β-unsaturated/α-hetero) is 1. The van der Waals surface area contributed by atoms with E-state index in [9.17, 15) is 4.79 Å². The Morgan fingerprint density at radius 1 is 1.24 bits per heavy atom. The van der Waals surface area contributed by atoms with E-state index < -0.39 is 0 Å². The zero-order valence-electron chi connectivity index (χ0n) is 9.52. The van der Waals surface area contributed by atoms with E-state index in [0.717, 1.165) is 16.5 Å². The largest absolute Gasteiger partial charge is 0.485 e. The van der Waals surface area contributed by atoms with Crippen molar-refractivity contribution in [3.63, 3.8) is 0 Å². The molecule has 0 saturated heterocycles. The van der Waals surface area contributed by atoms with Crippen molar-refractivity contribution >= 4 is 32.5 Å². The highest BCUT2D eigenvalue weighted by Crippen LogP contribution is 2.25. The Labute approximate surface area is 109 Å². The zero-order valence-corrected chi connectivity index (χ0v) is 11.1. The standard InChI is InChI=1S/C14H13BrO2/c1-10(15)13(16)9-17-14-8-4-6-11-5-2-3-7-12(11)14/h2-8,10H,9H2,1H3. The summed E-state index contributed by atoms with van der Waals surface area (Å²) in [5.41, 5.74) is 0. The Balaban J connectivity index is 2.21. The maximum Gasteiger partial charge on any atom is 0.183 e. The minimum Gasteiger partial charge on any atom is -0.485 e. The Bertz CT molecular complexity index is 529. The molecule has 0 aliphatic rings. The average molecular weight is 293 g/mol. The lowest BCUT2D eigenvalue weighted by atomic mass is 10.1. The molecular weight excluding hydrogens is 280 g/mol. The van der Waals surface area contributed by atoms with Crippen LogP contribution in [-0.4, -0.2) is 17.2 Å². The summed E-state index contributed by atoms with van der Waals surface area (Å²) in [6.45, 7) is 1.90. The SMILES string of the molecule is CC(Br)C(=O)COc1cccc2ccccc12. The van der Waals surface area contributed by atoms with Crippen molar-refractivity contribution in [2.75, 3.05) is 6.61 Å². The molecule has 88 valence electrons. The summed E-state index contributed by atoms with van der Waals surface area (Å²) in [5, 5.41) is 2.15. The second-order valence-electron chi connectivity index (χ2n) is 3.85. The van der Waals surface area contributed by atoms with E-state index in [1.54, 1.807) is 6.92 Å². The molecule has 0 bridgehead atoms. The molecule has 0 spiro atoms. The van der Waals surface area contributed by atoms with Gasteiger partial charge in [0, 0.05) is 5.39 Å². The Morgan fingerprint density at radius 2 is 1.94 bits per heavy atom. The van der Waals surface area contributed by atoms with Crippen LogP contribution < -0.4 is 4.74 Å². The molecule has 1 atom stereocenters. The number of hydrogen-bond donors (Lipinski definition) is 0. The summed E-state index contributed by atoms with van der Waals surface area (Å²) in [7, 11) is 0. The van der Waals surface area contributed by atoms with Gasteiger partial charge in [-0.3, -0.25) is 4.79 Å². The van der Waals surface area contributed by atoms with Gasteiger partial charge in [0.1, 0.15) is 12.4 Å². The molecule has 0 aliphatic carbocycles. The molecule has 1 unspecified atom stereocenters. The van der Waals surface area contributed by atoms with Crippen molar-refractivity contribution in [3.05, 3.63) is 42.5 Å². The van der Waals surface area contributed by atoms with E-state index in [1.807, 2.05) is 42.5 Å². The number of rotatable bonds is 4. The van der Waals surface area contributed by atoms with Crippen molar-refractivity contribution in [1.82, 2.24) is 0 Å². The predicted octanol–water partition coefficient (Wildman–Crippen LogP) is 3.57. The normalized spacial score (nSPS) is 12.4. The van der Waals surface area contributed by atoms with Gasteiger partial charge in [-0.15, -0.1) is 0 Å². The van der Waals surface area contributed by atoms with Gasteiger partial charge in [-0.2, -0.15) is 0 Å². The van der Waals surface area contributed by atoms with Crippen LogP contribution in [0.15, 0.2) is 42.5 Å². The van der Waals surface area contributed by atoms with E-state index >= 15 is 0 Å². The third kappa shape index (κ3) is 2.86. The van der Waals surface area contributed by atoms with E-state index in [-0.39, 0.29) is 17.2 Å². The molecule has 0 saturated carbocycles. The monoisotopic (exact) mass is 292 g/mol. The quantitative estimate of drug-likeness (QED) is 0.806. The first-order valence-electron chi connectivity index (χ1n) is 5.46. The van der Waals surface area contributed by atoms with Crippen LogP contribution in [0.1, 0.15) is 6.92 Å². The topological polar surface area (TPSA) is 26.3 Å². The summed E-state index contributed by atoms with van der Waals surface area (Å²) in [6.07, 6.45) is 0. The van der Waals surface area contributed by atoms with Crippen LogP contribution in [0.4, 0.5) is 0 Å². The van der Waals surface area contributed by atoms with Gasteiger partial charge in [-0.1, -0.05) is 52.3 Å². The van der Waals surface area contributed by atoms with E-state index in [0.29, 0.717) is 0 Å². The maximum atomic E-state index is 11.5. The smallest absolute Gasteiger partial charge is 0.183 e. The fraction of sp³-hybridized carbons (Fsp3) is 0.214. The fourth-order valence-electron chi connectivity index (χ4n) is 1.59. The van der Waals surface area contributed by atoms with Gasteiger partial charge in [-0.05, 0) is 18.4 Å². The Hall–Kier alpha value is -1.35. The molecule has 0 fully saturated rings. The molecule has 17 heavy (non-hydrogen) atoms. The molecule has 2 aromatic carbocycles. The van der Waals surface area contributed by atoms with Crippen LogP contribution in [0.3, 0.4) is 0 Å². The molecule has 3 heteroatoms. The maximum absolute atomic E-state index is 11.5. The van der Waals surface area contributed by atoms with E-state index in [1.165, 1.54) is 0 Å². The molecule has 0 radical (unpaired) electrons. The Morgan fingerprint density at radius 3 is 2.71 bits per heavy atom. The summed E-state index contributed by atoms with van der Waals surface area (Å²) in [6, 6.07) is 13.8. The third-order valence-corrected chi connectivity index (χ3v) is 3.07. The number of benzene rings is 2. The number of carbonyl (C=O) groups excluding carboxylic acids is 1. The van der Waals surface area contributed by atoms with Gasteiger partial charge in [-0.25, -0.2) is 0 Å². The summed E-state index contributed by atoms with van der Waals surface area (Å²) >= 11 is 3.23. The lowest BCUT2D eigenvalue weighted by molar-refractivity contribution is -0.120. The summed E-state index contributed by atoms with van der Waals surface area (Å²) in [5.74, 6) is 0.794. The minimum absolute atomic E-state index is 0.0398. The highest BCUT2D eigenvalue weighted by Gasteiger charge is 2.10. The van der Waals surface area contributed by atoms with E-state index in [2.05, 4.69) is 15.9 Å². The Kier molecular flexibility index (Phi) is 3.79. The number of hydrogen-bond acceptors (Lipinski definition) is 2. The number of ether oxygens (including phenoxy) is 1. The molecule has 0 aliphatic heterocycles. The van der Waals surface area contributed by atoms with Crippen LogP contribution in [0, 0.1) is 0 Å². The fourth-order valence-corrected chi connectivity index (χ4v) is 1.72. The average Bonchev–Trinajstić information content (AvgIpc) is 2.35. The number of halogens is 1. The third-order valence-electron chi connectivity index (χ3n) is 2.56. The molecule has 0 aromatic heterocycles. The van der Waals surface area contributed by atoms with Gasteiger partial charge in [0.15, 0.2) is 5.78 Å². The van der Waals surface area contributed by atoms with Gasteiger partial charge in [0.2, 0.25) is 0 Å². The van der Waals surface area contributed by atoms with Gasteiger partial charge in [0.05, 0.1) is 4.83 Å². The van der Waals surface area contributed by atoms with Crippen LogP contribution >= 0.6 is 15.9 Å². The van der Waals surface area contributed by atoms with Gasteiger partial charge < -0.3 is 4.74 Å². The highest BCUT2D eigenvalue weighted by atomic mass is 79.9. The van der Waals surface area contributed by atoms with Crippen LogP contribution in [-0.2, 0) is 4.79 Å². The van der Waals surface area contributed by atoms with Gasteiger partial charge >= 0.3 is 0 Å². The van der Waals surface area contributed by atoms with Crippen molar-refractivity contribution in [3.8, 4) is 5.75 Å². The van der Waals surface area contributed by atoms with Crippen molar-refractivity contribution < 1.29 is 9.53 Å². The van der Waals surface area contributed by atoms with Crippen molar-refractivity contribution in [2.24, 2.45) is 0 Å². The number of fused-ring (bicyclic) bond motifs is 1. The molecule has 2 rings (SSSR count). The van der Waals surface area contributed by atoms with Crippen molar-refractivity contribution in [1.29, 1.82) is 0 Å². The van der Waals surface area contributed by atoms with Crippen molar-refractivity contribution in [2.45, 2.75) is 11.8 Å². The second-order valence-corrected chi connectivity index (χ2v) is 5.22. The number of alkyl halides is 1. The molecule has 0 heterocycles. The first kappa shape index (κ1) is 12.1. The molecule has 0 amide bonds. The first-order valence-corrected chi connectivity index (χ1v) is 6.37. The summed E-state index contributed by atoms with van der Waals surface area (Å²) in [4.78, 5) is 11.3. The molecule has 0 N–H and O–H groups in total. The van der Waals surface area contributed by atoms with Crippen LogP contribution in [0.2, 0.25) is 0 Å². The van der Waals surface area contributed by atoms with Crippen LogP contribution in [0.25, 0.3) is 10.8 Å². The number of carbonyl (C=O) groups is 1. The van der Waals surface area contributed by atoms with Crippen LogP contribution in [0.5, 0.6) is 5.75 Å². The van der Waals surface area contributed by atoms with Gasteiger partial charge in [0.25, 0.3) is 0 Å². The zero-order chi connectivity index (χ0) is 12.3. The predicted molar refractivity (Wildman–Crippen MR) is 72.8 cm³/mol. The molecule has 2 nitrogen and oxygen atoms in total. The summed E-state index contributed by atoms with van der Waals surface area (Å²) < 4.78 is 5.56. The first-order chi connectivity index (χ1) is 8.18. The molecule has 2 aromatic rings. The lowest BCUT2D eigenvalue weighted by Crippen LogP contribution is -2.18. The highest BCUT2D eigenvalue weighted by molar-refractivity contribution is 9.10.